The number of nitrogens with zero attached hydrogens (tertiary/aromatic N) is 2. The summed E-state index contributed by atoms with van der Waals surface area (Å²) in [5.74, 6) is -4.74. The second kappa shape index (κ2) is 52.8. The number of benzene rings is 10. The van der Waals surface area contributed by atoms with Gasteiger partial charge in [0.05, 0.1) is 67.4 Å². The SMILES string of the molecule is O=C(Cl)c1ccc(C(=O)Cl)cc1.O=C(Cl)c1ccccc1C(=O)c1ccccc1.O=C(O)c1ccc(C(=O)OCCN(CCO)C(=O)c2ccccc2C(=O)c2ccccc2)cc1.O=C(O)c1ccccc1C(=O)c1ccccc1.O=C(c1ccccc1)c1ccccc1C(=O)N(CCO)CCO.O=S(Cl)Cl.OCCNCCO. The quantitative estimate of drug-likeness (QED) is 0.00934. The molecule has 0 aliphatic carbocycles. The predicted octanol–water partition coefficient (Wildman–Crippen LogP) is 12.2. The van der Waals surface area contributed by atoms with E-state index in [2.05, 4.69) is 26.7 Å². The second-order valence-corrected chi connectivity index (χ2v) is 26.4. The molecule has 0 aromatic heterocycles. The molecule has 0 aliphatic heterocycles. The average molecular weight is 1670 g/mol. The van der Waals surface area contributed by atoms with Crippen LogP contribution in [-0.4, -0.2) is 197 Å². The highest BCUT2D eigenvalue weighted by molar-refractivity contribution is 8.26. The van der Waals surface area contributed by atoms with E-state index in [0.717, 1.165) is 0 Å². The van der Waals surface area contributed by atoms with Crippen LogP contribution in [0.3, 0.4) is 0 Å². The first kappa shape index (κ1) is 95.0. The molecule has 114 heavy (non-hydrogen) atoms. The summed E-state index contributed by atoms with van der Waals surface area (Å²) >= 11 is 15.8. The van der Waals surface area contributed by atoms with E-state index in [-0.39, 0.29) is 139 Å². The minimum Gasteiger partial charge on any atom is -0.478 e. The number of carboxylic acids is 2. The molecule has 594 valence electrons. The Hall–Kier alpha value is -11.4. The molecule has 30 heteroatoms. The molecule has 0 heterocycles. The number of carbonyl (C=O) groups is 12. The van der Waals surface area contributed by atoms with Crippen molar-refractivity contribution in [1.29, 1.82) is 0 Å². The van der Waals surface area contributed by atoms with E-state index in [0.29, 0.717) is 57.6 Å². The minimum absolute atomic E-state index is 0.00773. The first-order valence-electron chi connectivity index (χ1n) is 34.0. The molecule has 0 saturated heterocycles. The van der Waals surface area contributed by atoms with Gasteiger partial charge in [0, 0.05) is 115 Å². The van der Waals surface area contributed by atoms with Crippen molar-refractivity contribution in [3.63, 3.8) is 0 Å². The Morgan fingerprint density at radius 1 is 0.298 bits per heavy atom. The number of carbonyl (C=O) groups excluding carboxylic acids is 10. The Morgan fingerprint density at radius 3 is 0.833 bits per heavy atom. The van der Waals surface area contributed by atoms with Crippen LogP contribution in [-0.2, 0) is 14.0 Å². The number of esters is 1. The summed E-state index contributed by atoms with van der Waals surface area (Å²) in [4.78, 5) is 145. The number of aliphatic hydroxyl groups excluding tert-OH is 5. The lowest BCUT2D eigenvalue weighted by Gasteiger charge is -2.23. The number of aliphatic hydroxyl groups is 5. The van der Waals surface area contributed by atoms with Gasteiger partial charge in [0.25, 0.3) is 27.5 Å². The van der Waals surface area contributed by atoms with Crippen molar-refractivity contribution in [2.75, 3.05) is 78.9 Å². The van der Waals surface area contributed by atoms with E-state index in [9.17, 15) is 62.6 Å². The van der Waals surface area contributed by atoms with Crippen molar-refractivity contribution in [1.82, 2.24) is 15.1 Å². The van der Waals surface area contributed by atoms with Crippen molar-refractivity contribution in [3.8, 4) is 0 Å². The zero-order valence-corrected chi connectivity index (χ0v) is 65.0. The van der Waals surface area contributed by atoms with E-state index < -0.39 is 48.8 Å². The third kappa shape index (κ3) is 32.4. The van der Waals surface area contributed by atoms with Crippen LogP contribution in [0.4, 0.5) is 0 Å². The van der Waals surface area contributed by atoms with Crippen molar-refractivity contribution >= 4 is 134 Å². The van der Waals surface area contributed by atoms with Crippen LogP contribution >= 0.6 is 56.2 Å². The maximum atomic E-state index is 13.2. The Balaban J connectivity index is 0.000000301. The van der Waals surface area contributed by atoms with Gasteiger partial charge < -0.3 is 55.6 Å². The molecule has 10 aromatic carbocycles. The molecule has 2 amide bonds. The normalized spacial score (nSPS) is 10.0. The molecule has 10 aromatic rings. The van der Waals surface area contributed by atoms with Gasteiger partial charge in [0.1, 0.15) is 6.61 Å². The van der Waals surface area contributed by atoms with Crippen LogP contribution in [0.1, 0.15) is 147 Å². The van der Waals surface area contributed by atoms with Gasteiger partial charge in [-0.2, -0.15) is 0 Å². The molecule has 0 saturated carbocycles. The number of amides is 2. The van der Waals surface area contributed by atoms with Crippen LogP contribution < -0.4 is 5.32 Å². The predicted molar refractivity (Wildman–Crippen MR) is 433 cm³/mol. The molecule has 0 radical (unpaired) electrons. The third-order valence-electron chi connectivity index (χ3n) is 15.3. The van der Waals surface area contributed by atoms with Crippen LogP contribution in [0.25, 0.3) is 0 Å². The fourth-order valence-electron chi connectivity index (χ4n) is 9.86. The molecule has 10 rings (SSSR count). The van der Waals surface area contributed by atoms with E-state index in [4.69, 9.17) is 74.4 Å². The number of hydrogen-bond acceptors (Lipinski definition) is 20. The molecule has 0 unspecified atom stereocenters. The molecule has 0 bridgehead atoms. The summed E-state index contributed by atoms with van der Waals surface area (Å²) in [6.45, 7) is 0.720. The van der Waals surface area contributed by atoms with Gasteiger partial charge in [0.15, 0.2) is 23.1 Å². The molecule has 0 aliphatic rings. The molecule has 0 atom stereocenters. The molecule has 8 N–H and O–H groups in total. The minimum atomic E-state index is -1.67. The van der Waals surface area contributed by atoms with Crippen LogP contribution in [0.5, 0.6) is 0 Å². The van der Waals surface area contributed by atoms with Crippen molar-refractivity contribution in [3.05, 3.63) is 356 Å². The summed E-state index contributed by atoms with van der Waals surface area (Å²) in [6.07, 6.45) is 0. The zero-order valence-electron chi connectivity index (χ0n) is 60.4. The fourth-order valence-corrected chi connectivity index (χ4v) is 10.3. The van der Waals surface area contributed by atoms with Gasteiger partial charge in [-0.05, 0) is 108 Å². The van der Waals surface area contributed by atoms with Crippen molar-refractivity contribution in [2.24, 2.45) is 0 Å². The number of ketones is 4. The lowest BCUT2D eigenvalue weighted by Crippen LogP contribution is -2.37. The highest BCUT2D eigenvalue weighted by Crippen LogP contribution is 2.22. The number of halogens is 5. The molecular formula is C84H76Cl5N3O21S. The highest BCUT2D eigenvalue weighted by Gasteiger charge is 2.25. The number of nitrogens with one attached hydrogen (secondary N) is 1. The summed E-state index contributed by atoms with van der Waals surface area (Å²) in [5.41, 5.74) is 4.68. The van der Waals surface area contributed by atoms with Crippen LogP contribution in [0.15, 0.2) is 267 Å². The first-order chi connectivity index (χ1) is 54.8. The van der Waals surface area contributed by atoms with Crippen LogP contribution in [0, 0.1) is 0 Å². The smallest absolute Gasteiger partial charge is 0.338 e. The maximum absolute atomic E-state index is 13.2. The van der Waals surface area contributed by atoms with E-state index in [1.807, 2.05) is 12.1 Å². The maximum Gasteiger partial charge on any atom is 0.338 e. The molecule has 0 spiro atoms. The fraction of sp³-hybridized carbons (Fsp3) is 0.143. The first-order valence-corrected chi connectivity index (χ1v) is 38.0. The van der Waals surface area contributed by atoms with Crippen LogP contribution in [0.2, 0.25) is 0 Å². The third-order valence-corrected chi connectivity index (χ3v) is 15.9. The van der Waals surface area contributed by atoms with E-state index in [1.54, 1.807) is 194 Å². The Morgan fingerprint density at radius 2 is 0.553 bits per heavy atom. The van der Waals surface area contributed by atoms with Crippen molar-refractivity contribution < 1.29 is 102 Å². The Labute approximate surface area is 681 Å². The van der Waals surface area contributed by atoms with Gasteiger partial charge in [-0.25, -0.2) is 18.6 Å². The largest absolute Gasteiger partial charge is 0.478 e. The number of carboxylic acid groups (broad SMARTS) is 2. The summed E-state index contributed by atoms with van der Waals surface area (Å²) in [6, 6.07) is 71.6. The van der Waals surface area contributed by atoms with E-state index in [1.165, 1.54) is 70.5 Å². The molecular weight excluding hydrogens is 1600 g/mol. The second-order valence-electron chi connectivity index (χ2n) is 22.8. The summed E-state index contributed by atoms with van der Waals surface area (Å²) in [5, 5.41) is 62.9. The topological polar surface area (TPSA) is 391 Å². The number of hydrogen-bond donors (Lipinski definition) is 8. The van der Waals surface area contributed by atoms with Gasteiger partial charge in [0.2, 0.25) is 9.23 Å². The highest BCUT2D eigenvalue weighted by atomic mass is 36.0. The Bertz CT molecular complexity index is 4690. The number of aromatic carboxylic acids is 2. The average Bonchev–Trinajstić information content (AvgIpc) is 0.821. The van der Waals surface area contributed by atoms with E-state index >= 15 is 0 Å². The summed E-state index contributed by atoms with van der Waals surface area (Å²) in [7, 11) is 7.36. The summed E-state index contributed by atoms with van der Waals surface area (Å²) < 4.78 is 14.3. The lowest BCUT2D eigenvalue weighted by molar-refractivity contribution is 0.0422. The monoisotopic (exact) mass is 1670 g/mol. The lowest BCUT2D eigenvalue weighted by atomic mass is 9.97. The molecule has 24 nitrogen and oxygen atoms in total. The zero-order chi connectivity index (χ0) is 83.9. The molecule has 0 fully saturated rings. The van der Waals surface area contributed by atoms with Gasteiger partial charge >= 0.3 is 17.9 Å². The van der Waals surface area contributed by atoms with Crippen molar-refractivity contribution in [2.45, 2.75) is 0 Å². The van der Waals surface area contributed by atoms with Gasteiger partial charge in [-0.15, -0.1) is 0 Å². The van der Waals surface area contributed by atoms with Gasteiger partial charge in [-0.1, -0.05) is 194 Å². The Kier molecular flexibility index (Phi) is 44.0. The standard InChI is InChI=1S/C26H23NO7.C18H19NO4.C14H9ClO2.C14H10O3.C8H4Cl2O2.C4H11NO2.Cl2OS/c28-16-14-27(15-17-34-26(33)20-12-10-19(11-13-20)25(31)32)24(30)22-9-5-4-8-21(22)23(29)18-6-2-1-3-7-18;20-12-10-19(11-13-21)18(23)16-9-5-4-8-15(16)17(22)14-6-2-1-3-7-14;15-14(17)12-9-5-4-8-11(12)13(16)10-6-2-1-3-7-10;15-13(10-6-2-1-3-7-10)11-8-4-5-9-12(11)14(16)17;9-7(11)5-1-2-6(4-3-5)8(10)12;6-3-1-5-2-4-7;1-4(2)3/h1-13,28H,14-17H2,(H,31,32);1-9,20-21H,10-13H2;1-9H;1-9H,(H,16,17);1-4H;5-7H,1-4H2;. The number of ether oxygens (including phenoxy) is 1. The van der Waals surface area contributed by atoms with Gasteiger partial charge in [-0.3, -0.25) is 43.2 Å². The number of rotatable bonds is 29.